The lowest BCUT2D eigenvalue weighted by atomic mass is 10.2. The molecule has 0 atom stereocenters. The van der Waals surface area contributed by atoms with Gasteiger partial charge in [-0.15, -0.1) is 5.10 Å². The predicted octanol–water partition coefficient (Wildman–Crippen LogP) is 2.34. The number of hydrogen-bond donors (Lipinski definition) is 1. The van der Waals surface area contributed by atoms with E-state index >= 15 is 0 Å². The molecule has 2 rings (SSSR count). The molecular formula is C12H10IN5O. The molecule has 0 fully saturated rings. The molecule has 19 heavy (non-hydrogen) atoms. The molecule has 7 heteroatoms. The number of nitrogens with zero attached hydrogens (tertiary/aromatic N) is 4. The number of benzene rings is 1. The fourth-order valence-corrected chi connectivity index (χ4v) is 2.12. The van der Waals surface area contributed by atoms with Gasteiger partial charge in [0.2, 0.25) is 0 Å². The van der Waals surface area contributed by atoms with Crippen LogP contribution in [0.3, 0.4) is 0 Å². The first kappa shape index (κ1) is 13.5. The minimum Gasteiger partial charge on any atom is -0.420 e. The van der Waals surface area contributed by atoms with Gasteiger partial charge in [0.15, 0.2) is 5.75 Å². The third-order valence-electron chi connectivity index (χ3n) is 2.47. The Morgan fingerprint density at radius 1 is 1.26 bits per heavy atom. The average Bonchev–Trinajstić information content (AvgIpc) is 2.37. The lowest BCUT2D eigenvalue weighted by Gasteiger charge is -2.09. The molecule has 1 aromatic heterocycles. The predicted molar refractivity (Wildman–Crippen MR) is 77.7 cm³/mol. The molecule has 6 nitrogen and oxygen atoms in total. The summed E-state index contributed by atoms with van der Waals surface area (Å²) in [4.78, 5) is 4.17. The molecule has 0 spiro atoms. The number of nitrogens with two attached hydrogens (primary N) is 1. The second-order valence-corrected chi connectivity index (χ2v) is 5.02. The molecular weight excluding hydrogens is 357 g/mol. The van der Waals surface area contributed by atoms with Crippen LogP contribution in [-0.4, -0.2) is 15.2 Å². The van der Waals surface area contributed by atoms with Gasteiger partial charge in [0.1, 0.15) is 0 Å². The van der Waals surface area contributed by atoms with Crippen LogP contribution in [0.5, 0.6) is 11.8 Å². The van der Waals surface area contributed by atoms with E-state index in [0.29, 0.717) is 17.0 Å². The van der Waals surface area contributed by atoms with Crippen LogP contribution in [-0.2, 0) is 0 Å². The van der Waals surface area contributed by atoms with Crippen LogP contribution < -0.4 is 10.5 Å². The first-order valence-corrected chi connectivity index (χ1v) is 6.44. The second-order valence-electron chi connectivity index (χ2n) is 3.86. The van der Waals surface area contributed by atoms with Crippen LogP contribution in [0.4, 0.5) is 5.69 Å². The molecule has 0 aliphatic carbocycles. The Morgan fingerprint density at radius 3 is 2.58 bits per heavy atom. The van der Waals surface area contributed by atoms with Crippen LogP contribution in [0.1, 0.15) is 17.0 Å². The average molecular weight is 367 g/mol. The van der Waals surface area contributed by atoms with Crippen molar-refractivity contribution in [3.63, 3.8) is 0 Å². The highest BCUT2D eigenvalue weighted by Gasteiger charge is 2.12. The van der Waals surface area contributed by atoms with Crippen molar-refractivity contribution in [1.29, 1.82) is 5.26 Å². The number of ether oxygens (including phenoxy) is 1. The molecule has 0 saturated heterocycles. The van der Waals surface area contributed by atoms with E-state index in [9.17, 15) is 0 Å². The standard InChI is InChI=1S/C12H10IN5O/c1-6-7(2)17-18-12(16-6)19-11-9(13)3-8(5-14)4-10(11)15/h3-4H,15H2,1-2H3. The summed E-state index contributed by atoms with van der Waals surface area (Å²) in [6.45, 7) is 3.64. The summed E-state index contributed by atoms with van der Waals surface area (Å²) >= 11 is 2.05. The summed E-state index contributed by atoms with van der Waals surface area (Å²) in [6, 6.07) is 5.40. The van der Waals surface area contributed by atoms with Gasteiger partial charge in [-0.25, -0.2) is 0 Å². The monoisotopic (exact) mass is 367 g/mol. The van der Waals surface area contributed by atoms with Gasteiger partial charge in [0.05, 0.1) is 32.3 Å². The molecule has 0 saturated carbocycles. The van der Waals surface area contributed by atoms with Gasteiger partial charge in [0.25, 0.3) is 0 Å². The van der Waals surface area contributed by atoms with Crippen molar-refractivity contribution in [2.24, 2.45) is 0 Å². The number of aryl methyl sites for hydroxylation is 2. The molecule has 0 unspecified atom stereocenters. The van der Waals surface area contributed by atoms with E-state index in [1.165, 1.54) is 0 Å². The van der Waals surface area contributed by atoms with Crippen molar-refractivity contribution in [3.05, 3.63) is 32.7 Å². The van der Waals surface area contributed by atoms with Gasteiger partial charge >= 0.3 is 6.01 Å². The SMILES string of the molecule is Cc1nnc(Oc2c(N)cc(C#N)cc2I)nc1C. The summed E-state index contributed by atoms with van der Waals surface area (Å²) in [6.07, 6.45) is 0. The van der Waals surface area contributed by atoms with Crippen LogP contribution in [0.2, 0.25) is 0 Å². The third-order valence-corrected chi connectivity index (χ3v) is 3.27. The molecule has 0 amide bonds. The molecule has 1 heterocycles. The maximum Gasteiger partial charge on any atom is 0.341 e. The van der Waals surface area contributed by atoms with E-state index in [1.54, 1.807) is 12.1 Å². The van der Waals surface area contributed by atoms with E-state index in [2.05, 4.69) is 15.2 Å². The topological polar surface area (TPSA) is 97.7 Å². The maximum atomic E-state index is 8.85. The van der Waals surface area contributed by atoms with Crippen LogP contribution in [0.15, 0.2) is 12.1 Å². The summed E-state index contributed by atoms with van der Waals surface area (Å²) in [5, 5.41) is 16.6. The number of nitrogen functional groups attached to an aromatic ring is 1. The first-order valence-electron chi connectivity index (χ1n) is 5.36. The molecule has 0 bridgehead atoms. The van der Waals surface area contributed by atoms with Crippen molar-refractivity contribution >= 4 is 28.3 Å². The highest BCUT2D eigenvalue weighted by atomic mass is 127. The van der Waals surface area contributed by atoms with E-state index in [1.807, 2.05) is 42.5 Å². The number of nitriles is 1. The molecule has 0 aliphatic rings. The second kappa shape index (κ2) is 5.36. The summed E-state index contributed by atoms with van der Waals surface area (Å²) in [7, 11) is 0. The van der Waals surface area contributed by atoms with Gasteiger partial charge in [0, 0.05) is 0 Å². The largest absolute Gasteiger partial charge is 0.420 e. The van der Waals surface area contributed by atoms with Gasteiger partial charge in [-0.2, -0.15) is 10.2 Å². The number of aromatic nitrogens is 3. The van der Waals surface area contributed by atoms with Crippen molar-refractivity contribution < 1.29 is 4.74 Å². The quantitative estimate of drug-likeness (QED) is 0.646. The van der Waals surface area contributed by atoms with Crippen LogP contribution in [0, 0.1) is 28.7 Å². The molecule has 0 radical (unpaired) electrons. The molecule has 96 valence electrons. The van der Waals surface area contributed by atoms with Gasteiger partial charge in [-0.05, 0) is 48.6 Å². The summed E-state index contributed by atoms with van der Waals surface area (Å²) in [5.74, 6) is 0.435. The zero-order chi connectivity index (χ0) is 14.0. The van der Waals surface area contributed by atoms with E-state index < -0.39 is 0 Å². The lowest BCUT2D eigenvalue weighted by Crippen LogP contribution is -2.02. The minimum absolute atomic E-state index is 0.137. The lowest BCUT2D eigenvalue weighted by molar-refractivity contribution is 0.429. The fraction of sp³-hybridized carbons (Fsp3) is 0.167. The van der Waals surface area contributed by atoms with Crippen molar-refractivity contribution in [2.75, 3.05) is 5.73 Å². The Morgan fingerprint density at radius 2 is 2.00 bits per heavy atom. The fourth-order valence-electron chi connectivity index (χ4n) is 1.36. The summed E-state index contributed by atoms with van der Waals surface area (Å²) in [5.41, 5.74) is 8.19. The Balaban J connectivity index is 2.38. The van der Waals surface area contributed by atoms with E-state index in [0.717, 1.165) is 15.0 Å². The van der Waals surface area contributed by atoms with Gasteiger partial charge < -0.3 is 10.5 Å². The van der Waals surface area contributed by atoms with E-state index in [-0.39, 0.29) is 6.01 Å². The highest BCUT2D eigenvalue weighted by Crippen LogP contribution is 2.32. The number of rotatable bonds is 2. The van der Waals surface area contributed by atoms with Gasteiger partial charge in [-0.3, -0.25) is 0 Å². The Labute approximate surface area is 123 Å². The van der Waals surface area contributed by atoms with Gasteiger partial charge in [-0.1, -0.05) is 5.10 Å². The first-order chi connectivity index (χ1) is 9.01. The van der Waals surface area contributed by atoms with Crippen LogP contribution in [0.25, 0.3) is 0 Å². The zero-order valence-electron chi connectivity index (χ0n) is 10.3. The van der Waals surface area contributed by atoms with Crippen molar-refractivity contribution in [2.45, 2.75) is 13.8 Å². The highest BCUT2D eigenvalue weighted by molar-refractivity contribution is 14.1. The van der Waals surface area contributed by atoms with Crippen molar-refractivity contribution in [1.82, 2.24) is 15.2 Å². The Kier molecular flexibility index (Phi) is 3.80. The smallest absolute Gasteiger partial charge is 0.341 e. The van der Waals surface area contributed by atoms with Crippen LogP contribution >= 0.6 is 22.6 Å². The zero-order valence-corrected chi connectivity index (χ0v) is 12.5. The number of halogens is 1. The molecule has 0 aliphatic heterocycles. The molecule has 1 aromatic carbocycles. The Bertz CT molecular complexity index is 657. The maximum absolute atomic E-state index is 8.85. The summed E-state index contributed by atoms with van der Waals surface area (Å²) < 4.78 is 6.27. The number of anilines is 1. The molecule has 2 aromatic rings. The normalized spacial score (nSPS) is 10.0. The number of hydrogen-bond acceptors (Lipinski definition) is 6. The Hall–Kier alpha value is -1.95. The van der Waals surface area contributed by atoms with E-state index in [4.69, 9.17) is 15.7 Å². The van der Waals surface area contributed by atoms with Crippen molar-refractivity contribution in [3.8, 4) is 17.8 Å². The molecule has 2 N–H and O–H groups in total. The minimum atomic E-state index is 0.137. The third kappa shape index (κ3) is 2.90.